The summed E-state index contributed by atoms with van der Waals surface area (Å²) < 4.78 is 13.4. The number of fused-ring (bicyclic) bond motifs is 1. The Balaban J connectivity index is 1.36. The quantitative estimate of drug-likeness (QED) is 0.434. The molecule has 0 aliphatic rings. The van der Waals surface area contributed by atoms with Crippen molar-refractivity contribution in [2.24, 2.45) is 0 Å². The van der Waals surface area contributed by atoms with Crippen molar-refractivity contribution in [1.29, 1.82) is 0 Å². The zero-order valence-corrected chi connectivity index (χ0v) is 15.9. The van der Waals surface area contributed by atoms with E-state index in [0.717, 1.165) is 16.8 Å². The molecular weight excluding hydrogens is 378 g/mol. The Kier molecular flexibility index (Phi) is 4.57. The molecule has 0 N–H and O–H groups in total. The summed E-state index contributed by atoms with van der Waals surface area (Å²) in [6, 6.07) is 18.7. The van der Waals surface area contributed by atoms with Crippen LogP contribution in [0.5, 0.6) is 5.75 Å². The van der Waals surface area contributed by atoms with Gasteiger partial charge in [0.25, 0.3) is 0 Å². The van der Waals surface area contributed by atoms with Crippen molar-refractivity contribution in [3.8, 4) is 22.6 Å². The maximum absolute atomic E-state index is 12.8. The molecule has 0 amide bonds. The Labute approximate surface area is 172 Å². The van der Waals surface area contributed by atoms with Crippen LogP contribution >= 0.6 is 0 Å². The van der Waals surface area contributed by atoms with E-state index in [4.69, 9.17) is 9.15 Å². The van der Waals surface area contributed by atoms with Crippen molar-refractivity contribution in [2.45, 2.75) is 6.61 Å². The van der Waals surface area contributed by atoms with Crippen LogP contribution in [0.3, 0.4) is 0 Å². The first-order chi connectivity index (χ1) is 14.8. The highest BCUT2D eigenvalue weighted by molar-refractivity contribution is 5.82. The smallest absolute Gasteiger partial charge is 0.200 e. The van der Waals surface area contributed by atoms with Crippen LogP contribution in [0.25, 0.3) is 27.8 Å². The van der Waals surface area contributed by atoms with Crippen LogP contribution in [0.4, 0.5) is 0 Å². The normalized spacial score (nSPS) is 10.9. The van der Waals surface area contributed by atoms with Gasteiger partial charge in [0.15, 0.2) is 5.43 Å². The van der Waals surface area contributed by atoms with Gasteiger partial charge in [-0.2, -0.15) is 5.10 Å². The summed E-state index contributed by atoms with van der Waals surface area (Å²) in [5, 5.41) is 4.88. The van der Waals surface area contributed by atoms with Gasteiger partial charge in [-0.15, -0.1) is 0 Å². The summed E-state index contributed by atoms with van der Waals surface area (Å²) in [7, 11) is 0. The van der Waals surface area contributed by atoms with Gasteiger partial charge in [0.05, 0.1) is 22.8 Å². The van der Waals surface area contributed by atoms with Crippen LogP contribution in [-0.4, -0.2) is 14.8 Å². The summed E-state index contributed by atoms with van der Waals surface area (Å²) in [4.78, 5) is 16.8. The predicted octanol–water partition coefficient (Wildman–Crippen LogP) is 4.62. The standard InChI is InChI=1S/C24H17N3O3/c28-24-21-7-6-20(12-23(21)30-16-22(24)18-8-10-25-11-9-18)29-15-17-13-26-27(14-17)19-4-2-1-3-5-19/h1-14,16H,15H2. The molecular formula is C24H17N3O3. The number of rotatable bonds is 5. The summed E-state index contributed by atoms with van der Waals surface area (Å²) >= 11 is 0. The Morgan fingerprint density at radius 2 is 1.83 bits per heavy atom. The van der Waals surface area contributed by atoms with E-state index in [1.807, 2.05) is 36.5 Å². The lowest BCUT2D eigenvalue weighted by Gasteiger charge is -2.07. The monoisotopic (exact) mass is 395 g/mol. The van der Waals surface area contributed by atoms with Gasteiger partial charge >= 0.3 is 0 Å². The fraction of sp³-hybridized carbons (Fsp3) is 0.0417. The highest BCUT2D eigenvalue weighted by Crippen LogP contribution is 2.23. The van der Waals surface area contributed by atoms with Crippen molar-refractivity contribution in [3.63, 3.8) is 0 Å². The number of benzene rings is 2. The van der Waals surface area contributed by atoms with Gasteiger partial charge in [0.2, 0.25) is 0 Å². The minimum absolute atomic E-state index is 0.0851. The third-order valence-corrected chi connectivity index (χ3v) is 4.80. The maximum atomic E-state index is 12.8. The molecule has 3 heterocycles. The molecule has 0 spiro atoms. The molecule has 6 heteroatoms. The molecule has 0 atom stereocenters. The zero-order valence-electron chi connectivity index (χ0n) is 15.9. The van der Waals surface area contributed by atoms with Crippen molar-refractivity contribution in [1.82, 2.24) is 14.8 Å². The Bertz CT molecular complexity index is 1360. The molecule has 0 unspecified atom stereocenters. The number of hydrogen-bond acceptors (Lipinski definition) is 5. The highest BCUT2D eigenvalue weighted by Gasteiger charge is 2.10. The number of para-hydroxylation sites is 1. The molecule has 0 saturated carbocycles. The second kappa shape index (κ2) is 7.67. The molecule has 0 bridgehead atoms. The van der Waals surface area contributed by atoms with Gasteiger partial charge in [-0.05, 0) is 42.0 Å². The van der Waals surface area contributed by atoms with E-state index in [1.54, 1.807) is 53.6 Å². The zero-order chi connectivity index (χ0) is 20.3. The summed E-state index contributed by atoms with van der Waals surface area (Å²) in [5.74, 6) is 0.620. The molecule has 5 aromatic rings. The molecule has 5 rings (SSSR count). The van der Waals surface area contributed by atoms with Crippen molar-refractivity contribution < 1.29 is 9.15 Å². The van der Waals surface area contributed by atoms with Gasteiger partial charge < -0.3 is 9.15 Å². The molecule has 3 aromatic heterocycles. The Hall–Kier alpha value is -4.19. The second-order valence-corrected chi connectivity index (χ2v) is 6.79. The van der Waals surface area contributed by atoms with E-state index in [0.29, 0.717) is 28.9 Å². The third kappa shape index (κ3) is 3.46. The van der Waals surface area contributed by atoms with Gasteiger partial charge in [0, 0.05) is 30.2 Å². The fourth-order valence-corrected chi connectivity index (χ4v) is 3.25. The Morgan fingerprint density at radius 1 is 1.00 bits per heavy atom. The maximum Gasteiger partial charge on any atom is 0.200 e. The van der Waals surface area contributed by atoms with E-state index in [2.05, 4.69) is 10.1 Å². The molecule has 2 aromatic carbocycles. The lowest BCUT2D eigenvalue weighted by Crippen LogP contribution is -2.05. The number of nitrogens with zero attached hydrogens (tertiary/aromatic N) is 3. The first kappa shape index (κ1) is 17.9. The van der Waals surface area contributed by atoms with Gasteiger partial charge in [0.1, 0.15) is 24.2 Å². The van der Waals surface area contributed by atoms with Crippen LogP contribution in [-0.2, 0) is 6.61 Å². The van der Waals surface area contributed by atoms with Gasteiger partial charge in [-0.1, -0.05) is 18.2 Å². The number of ether oxygens (including phenoxy) is 1. The molecule has 0 aliphatic carbocycles. The van der Waals surface area contributed by atoms with Crippen LogP contribution in [0.15, 0.2) is 101 Å². The fourth-order valence-electron chi connectivity index (χ4n) is 3.25. The van der Waals surface area contributed by atoms with Crippen LogP contribution in [0, 0.1) is 0 Å². The third-order valence-electron chi connectivity index (χ3n) is 4.80. The van der Waals surface area contributed by atoms with E-state index < -0.39 is 0 Å². The van der Waals surface area contributed by atoms with E-state index in [9.17, 15) is 4.79 Å². The predicted molar refractivity (Wildman–Crippen MR) is 114 cm³/mol. The minimum Gasteiger partial charge on any atom is -0.489 e. The van der Waals surface area contributed by atoms with Crippen LogP contribution < -0.4 is 10.2 Å². The van der Waals surface area contributed by atoms with E-state index in [1.165, 1.54) is 6.26 Å². The molecule has 0 radical (unpaired) electrons. The summed E-state index contributed by atoms with van der Waals surface area (Å²) in [6.45, 7) is 0.359. The molecule has 0 fully saturated rings. The van der Waals surface area contributed by atoms with Crippen molar-refractivity contribution >= 4 is 11.0 Å². The molecule has 0 aliphatic heterocycles. The first-order valence-electron chi connectivity index (χ1n) is 9.46. The topological polar surface area (TPSA) is 70.2 Å². The molecule has 6 nitrogen and oxygen atoms in total. The minimum atomic E-state index is -0.0851. The van der Waals surface area contributed by atoms with Gasteiger partial charge in [-0.25, -0.2) is 4.68 Å². The highest BCUT2D eigenvalue weighted by atomic mass is 16.5. The summed E-state index contributed by atoms with van der Waals surface area (Å²) in [5.41, 5.74) is 3.60. The van der Waals surface area contributed by atoms with E-state index >= 15 is 0 Å². The largest absolute Gasteiger partial charge is 0.489 e. The summed E-state index contributed by atoms with van der Waals surface area (Å²) in [6.07, 6.45) is 8.48. The number of hydrogen-bond donors (Lipinski definition) is 0. The average Bonchev–Trinajstić information content (AvgIpc) is 3.28. The van der Waals surface area contributed by atoms with Crippen LogP contribution in [0.2, 0.25) is 0 Å². The van der Waals surface area contributed by atoms with Crippen molar-refractivity contribution in [2.75, 3.05) is 0 Å². The van der Waals surface area contributed by atoms with E-state index in [-0.39, 0.29) is 5.43 Å². The average molecular weight is 395 g/mol. The lowest BCUT2D eigenvalue weighted by molar-refractivity contribution is 0.306. The SMILES string of the molecule is O=c1c(-c2ccncc2)coc2cc(OCc3cnn(-c4ccccc4)c3)ccc12. The molecule has 146 valence electrons. The van der Waals surface area contributed by atoms with Crippen LogP contribution in [0.1, 0.15) is 5.56 Å². The lowest BCUT2D eigenvalue weighted by atomic mass is 10.1. The molecule has 30 heavy (non-hydrogen) atoms. The Morgan fingerprint density at radius 3 is 2.67 bits per heavy atom. The van der Waals surface area contributed by atoms with Gasteiger partial charge in [-0.3, -0.25) is 9.78 Å². The first-order valence-corrected chi connectivity index (χ1v) is 9.46. The molecule has 0 saturated heterocycles. The second-order valence-electron chi connectivity index (χ2n) is 6.79. The number of pyridine rings is 1. The number of aromatic nitrogens is 3. The van der Waals surface area contributed by atoms with Crippen molar-refractivity contribution in [3.05, 3.63) is 108 Å².